The second kappa shape index (κ2) is 14.3. The van der Waals surface area contributed by atoms with Crippen molar-refractivity contribution in [3.8, 4) is 0 Å². The van der Waals surface area contributed by atoms with E-state index in [1.54, 1.807) is 18.2 Å². The maximum absolute atomic E-state index is 11.4. The number of unbranched alkanes of at least 4 members (excludes halogenated alkanes) is 2. The summed E-state index contributed by atoms with van der Waals surface area (Å²) in [5.74, 6) is -1.30. The maximum atomic E-state index is 11.4. The Hall–Kier alpha value is -3.97. The van der Waals surface area contributed by atoms with Gasteiger partial charge < -0.3 is 22.5 Å². The molecule has 0 aliphatic carbocycles. The number of nitrogens with one attached hydrogen (secondary N) is 1. The van der Waals surface area contributed by atoms with Crippen LogP contribution in [0.15, 0.2) is 84.9 Å². The van der Waals surface area contributed by atoms with Gasteiger partial charge in [-0.3, -0.25) is 9.59 Å². The number of amides is 2. The van der Waals surface area contributed by atoms with Gasteiger partial charge in [0.2, 0.25) is 11.8 Å². The molecule has 0 unspecified atom stereocenters. The predicted octanol–water partition coefficient (Wildman–Crippen LogP) is 4.89. The van der Waals surface area contributed by atoms with Crippen LogP contribution in [0.25, 0.3) is 21.5 Å². The van der Waals surface area contributed by atoms with E-state index in [1.807, 2.05) is 12.1 Å². The molecule has 6 nitrogen and oxygen atoms in total. The van der Waals surface area contributed by atoms with Crippen LogP contribution in [0.2, 0.25) is 0 Å². The summed E-state index contributed by atoms with van der Waals surface area (Å²) in [6.07, 6.45) is 3.64. The Balaban J connectivity index is 0.000000197. The highest BCUT2D eigenvalue weighted by atomic mass is 32.1. The normalized spacial score (nSPS) is 9.86. The SMILES string of the molecule is CCCCCNC(N)=S.NC(=O)c1ccc2ccccc2c1C(N)=O.c1ccc2ccccc2c1. The molecule has 4 aromatic carbocycles. The molecular formula is C28H32N4O2S. The zero-order chi connectivity index (χ0) is 25.6. The van der Waals surface area contributed by atoms with E-state index in [-0.39, 0.29) is 11.1 Å². The highest BCUT2D eigenvalue weighted by molar-refractivity contribution is 7.80. The molecule has 0 atom stereocenters. The van der Waals surface area contributed by atoms with Gasteiger partial charge in [0.15, 0.2) is 5.11 Å². The molecule has 0 saturated carbocycles. The first-order valence-electron chi connectivity index (χ1n) is 11.4. The molecule has 4 aromatic rings. The molecule has 4 rings (SSSR count). The molecule has 0 aliphatic heterocycles. The van der Waals surface area contributed by atoms with Crippen molar-refractivity contribution in [3.63, 3.8) is 0 Å². The van der Waals surface area contributed by atoms with Gasteiger partial charge in [-0.25, -0.2) is 0 Å². The topological polar surface area (TPSA) is 124 Å². The van der Waals surface area contributed by atoms with Gasteiger partial charge in [-0.2, -0.15) is 0 Å². The highest BCUT2D eigenvalue weighted by Gasteiger charge is 2.15. The van der Waals surface area contributed by atoms with Gasteiger partial charge in [-0.05, 0) is 46.2 Å². The van der Waals surface area contributed by atoms with E-state index < -0.39 is 11.8 Å². The van der Waals surface area contributed by atoms with E-state index in [1.165, 1.54) is 29.7 Å². The van der Waals surface area contributed by atoms with Crippen molar-refractivity contribution in [2.45, 2.75) is 26.2 Å². The average molecular weight is 489 g/mol. The van der Waals surface area contributed by atoms with Crippen LogP contribution in [0.3, 0.4) is 0 Å². The molecule has 2 amide bonds. The third-order valence-corrected chi connectivity index (χ3v) is 5.32. The van der Waals surface area contributed by atoms with Crippen molar-refractivity contribution >= 4 is 50.7 Å². The third kappa shape index (κ3) is 8.72. The van der Waals surface area contributed by atoms with Crippen LogP contribution in [-0.2, 0) is 0 Å². The molecular weight excluding hydrogens is 456 g/mol. The predicted molar refractivity (Wildman–Crippen MR) is 149 cm³/mol. The van der Waals surface area contributed by atoms with Crippen LogP contribution in [0.1, 0.15) is 46.9 Å². The molecule has 182 valence electrons. The molecule has 7 heteroatoms. The Bertz CT molecular complexity index is 1220. The number of primary amides is 2. The first-order valence-corrected chi connectivity index (χ1v) is 11.8. The zero-order valence-electron chi connectivity index (χ0n) is 19.9. The van der Waals surface area contributed by atoms with Crippen LogP contribution in [0.5, 0.6) is 0 Å². The zero-order valence-corrected chi connectivity index (χ0v) is 20.7. The van der Waals surface area contributed by atoms with E-state index in [9.17, 15) is 9.59 Å². The molecule has 0 aliphatic rings. The van der Waals surface area contributed by atoms with Crippen LogP contribution in [0, 0.1) is 0 Å². The number of thiocarbonyl (C=S) groups is 1. The van der Waals surface area contributed by atoms with Gasteiger partial charge in [-0.1, -0.05) is 98.6 Å². The van der Waals surface area contributed by atoms with Crippen LogP contribution >= 0.6 is 12.2 Å². The fourth-order valence-electron chi connectivity index (χ4n) is 3.46. The minimum atomic E-state index is -0.653. The maximum Gasteiger partial charge on any atom is 0.250 e. The van der Waals surface area contributed by atoms with Gasteiger partial charge in [0.05, 0.1) is 11.1 Å². The van der Waals surface area contributed by atoms with Crippen molar-refractivity contribution in [1.29, 1.82) is 0 Å². The standard InChI is InChI=1S/C12H10N2O2.C10H8.C6H14N2S/c13-11(15)9-6-5-7-3-1-2-4-8(7)10(9)12(14)16;1-2-6-10-8-4-3-7-9(10)5-1;1-2-3-4-5-8-6(7)9/h1-6H,(H2,13,15)(H2,14,16);1-8H;2-5H2,1H3,(H3,7,8,9). The van der Waals surface area contributed by atoms with Crippen LogP contribution < -0.4 is 22.5 Å². The average Bonchev–Trinajstić information content (AvgIpc) is 2.86. The quantitative estimate of drug-likeness (QED) is 0.227. The molecule has 0 bridgehead atoms. The second-order valence-corrected chi connectivity index (χ2v) is 8.22. The molecule has 7 N–H and O–H groups in total. The third-order valence-electron chi connectivity index (χ3n) is 5.18. The first kappa shape index (κ1) is 27.3. The minimum Gasteiger partial charge on any atom is -0.376 e. The van der Waals surface area contributed by atoms with Gasteiger partial charge in [0, 0.05) is 6.54 Å². The summed E-state index contributed by atoms with van der Waals surface area (Å²) >= 11 is 4.61. The van der Waals surface area contributed by atoms with Gasteiger partial charge in [0.25, 0.3) is 0 Å². The van der Waals surface area contributed by atoms with E-state index in [2.05, 4.69) is 73.0 Å². The Morgan fingerprint density at radius 1 is 0.714 bits per heavy atom. The van der Waals surface area contributed by atoms with E-state index in [0.29, 0.717) is 10.5 Å². The Morgan fingerprint density at radius 3 is 1.69 bits per heavy atom. The van der Waals surface area contributed by atoms with Crippen molar-refractivity contribution < 1.29 is 9.59 Å². The summed E-state index contributed by atoms with van der Waals surface area (Å²) in [7, 11) is 0. The number of nitrogens with two attached hydrogens (primary N) is 3. The second-order valence-electron chi connectivity index (χ2n) is 7.78. The molecule has 0 radical (unpaired) electrons. The summed E-state index contributed by atoms with van der Waals surface area (Å²) in [4.78, 5) is 22.5. The van der Waals surface area contributed by atoms with Crippen molar-refractivity contribution in [2.75, 3.05) is 6.54 Å². The number of carbonyl (C=O) groups excluding carboxylic acids is 2. The highest BCUT2D eigenvalue weighted by Crippen LogP contribution is 2.21. The minimum absolute atomic E-state index is 0.159. The van der Waals surface area contributed by atoms with E-state index in [4.69, 9.17) is 17.2 Å². The monoisotopic (exact) mass is 488 g/mol. The van der Waals surface area contributed by atoms with Crippen LogP contribution in [0.4, 0.5) is 0 Å². The largest absolute Gasteiger partial charge is 0.376 e. The summed E-state index contributed by atoms with van der Waals surface area (Å²) in [6, 6.07) is 27.2. The lowest BCUT2D eigenvalue weighted by molar-refractivity contribution is 0.0968. The molecule has 0 aromatic heterocycles. The molecule has 0 heterocycles. The number of carbonyl (C=O) groups is 2. The van der Waals surface area contributed by atoms with Crippen LogP contribution in [-0.4, -0.2) is 23.5 Å². The van der Waals surface area contributed by atoms with Crippen molar-refractivity contribution in [3.05, 3.63) is 96.1 Å². The number of fused-ring (bicyclic) bond motifs is 2. The molecule has 0 spiro atoms. The first-order chi connectivity index (χ1) is 16.8. The van der Waals surface area contributed by atoms with Gasteiger partial charge >= 0.3 is 0 Å². The fraction of sp³-hybridized carbons (Fsp3) is 0.179. The molecule has 35 heavy (non-hydrogen) atoms. The fourth-order valence-corrected chi connectivity index (χ4v) is 3.56. The Labute approximate surface area is 211 Å². The number of hydrogen-bond acceptors (Lipinski definition) is 3. The number of benzene rings is 4. The summed E-state index contributed by atoms with van der Waals surface area (Å²) < 4.78 is 0. The van der Waals surface area contributed by atoms with Gasteiger partial charge in [-0.15, -0.1) is 0 Å². The Morgan fingerprint density at radius 2 is 1.23 bits per heavy atom. The van der Waals surface area contributed by atoms with E-state index >= 15 is 0 Å². The van der Waals surface area contributed by atoms with Crippen molar-refractivity contribution in [1.82, 2.24) is 5.32 Å². The van der Waals surface area contributed by atoms with E-state index in [0.717, 1.165) is 18.4 Å². The Kier molecular flexibility index (Phi) is 11.2. The lowest BCUT2D eigenvalue weighted by Gasteiger charge is -2.07. The molecule has 0 fully saturated rings. The number of hydrogen-bond donors (Lipinski definition) is 4. The summed E-state index contributed by atoms with van der Waals surface area (Å²) in [5, 5.41) is 7.41. The lowest BCUT2D eigenvalue weighted by Crippen LogP contribution is -2.29. The smallest absolute Gasteiger partial charge is 0.250 e. The van der Waals surface area contributed by atoms with Crippen molar-refractivity contribution in [2.24, 2.45) is 17.2 Å². The summed E-state index contributed by atoms with van der Waals surface area (Å²) in [5.41, 5.74) is 16.0. The lowest BCUT2D eigenvalue weighted by atomic mass is 9.98. The summed E-state index contributed by atoms with van der Waals surface area (Å²) in [6.45, 7) is 3.09. The van der Waals surface area contributed by atoms with Gasteiger partial charge in [0.1, 0.15) is 0 Å². The molecule has 0 saturated heterocycles. The number of rotatable bonds is 6.